The van der Waals surface area contributed by atoms with Crippen molar-refractivity contribution in [2.24, 2.45) is 0 Å². The van der Waals surface area contributed by atoms with Crippen molar-refractivity contribution in [1.82, 2.24) is 14.9 Å². The lowest BCUT2D eigenvalue weighted by atomic mass is 10.0. The summed E-state index contributed by atoms with van der Waals surface area (Å²) >= 11 is 0. The highest BCUT2D eigenvalue weighted by Crippen LogP contribution is 2.19. The molecule has 116 valence electrons. The predicted molar refractivity (Wildman–Crippen MR) is 84.9 cm³/mol. The van der Waals surface area contributed by atoms with Gasteiger partial charge in [-0.1, -0.05) is 26.0 Å². The molecule has 0 unspecified atom stereocenters. The van der Waals surface area contributed by atoms with E-state index in [1.54, 1.807) is 12.1 Å². The summed E-state index contributed by atoms with van der Waals surface area (Å²) in [6.07, 6.45) is 0.803. The lowest BCUT2D eigenvalue weighted by Crippen LogP contribution is -2.35. The summed E-state index contributed by atoms with van der Waals surface area (Å²) < 4.78 is 0. The molecule has 0 bridgehead atoms. The molecule has 1 aliphatic rings. The number of benzene rings is 1. The maximum Gasteiger partial charge on any atom is 0.255 e. The van der Waals surface area contributed by atoms with Crippen LogP contribution in [0.25, 0.3) is 0 Å². The lowest BCUT2D eigenvalue weighted by Gasteiger charge is -2.28. The Morgan fingerprint density at radius 3 is 2.73 bits per heavy atom. The van der Waals surface area contributed by atoms with Crippen molar-refractivity contribution >= 4 is 0 Å². The van der Waals surface area contributed by atoms with Crippen LogP contribution in [0.1, 0.15) is 42.4 Å². The Kier molecular flexibility index (Phi) is 3.98. The third-order valence-corrected chi connectivity index (χ3v) is 4.06. The van der Waals surface area contributed by atoms with E-state index in [1.807, 2.05) is 26.0 Å². The molecule has 0 aliphatic carbocycles. The fourth-order valence-corrected chi connectivity index (χ4v) is 2.77. The fourth-order valence-electron chi connectivity index (χ4n) is 2.77. The number of rotatable bonds is 3. The van der Waals surface area contributed by atoms with Crippen LogP contribution in [0.2, 0.25) is 0 Å². The highest BCUT2D eigenvalue weighted by molar-refractivity contribution is 5.27. The average Bonchev–Trinajstić information content (AvgIpc) is 2.50. The van der Waals surface area contributed by atoms with E-state index in [-0.39, 0.29) is 17.2 Å². The van der Waals surface area contributed by atoms with E-state index in [0.29, 0.717) is 6.54 Å². The largest absolute Gasteiger partial charge is 0.508 e. The summed E-state index contributed by atoms with van der Waals surface area (Å²) in [4.78, 5) is 22.0. The van der Waals surface area contributed by atoms with Crippen LogP contribution in [-0.4, -0.2) is 26.5 Å². The van der Waals surface area contributed by atoms with Crippen LogP contribution in [0, 0.1) is 0 Å². The van der Waals surface area contributed by atoms with Gasteiger partial charge in [0.2, 0.25) is 0 Å². The Balaban J connectivity index is 1.79. The number of phenolic OH excluding ortho intramolecular Hbond substituents is 1. The fraction of sp³-hybridized carbons (Fsp3) is 0.412. The van der Waals surface area contributed by atoms with Crippen molar-refractivity contribution in [3.8, 4) is 5.75 Å². The minimum absolute atomic E-state index is 0.0101. The molecule has 0 amide bonds. The summed E-state index contributed by atoms with van der Waals surface area (Å²) in [6, 6.07) is 7.21. The van der Waals surface area contributed by atoms with Crippen molar-refractivity contribution in [1.29, 1.82) is 0 Å². The van der Waals surface area contributed by atoms with Crippen LogP contribution in [-0.2, 0) is 19.5 Å². The van der Waals surface area contributed by atoms with E-state index in [0.717, 1.165) is 42.2 Å². The van der Waals surface area contributed by atoms with Crippen LogP contribution in [0.3, 0.4) is 0 Å². The third kappa shape index (κ3) is 3.04. The smallest absolute Gasteiger partial charge is 0.255 e. The predicted octanol–water partition coefficient (Wildman–Crippen LogP) is 2.16. The van der Waals surface area contributed by atoms with Crippen LogP contribution in [0.4, 0.5) is 0 Å². The number of fused-ring (bicyclic) bond motifs is 1. The van der Waals surface area contributed by atoms with Gasteiger partial charge in [0.25, 0.3) is 5.56 Å². The molecule has 0 saturated heterocycles. The highest BCUT2D eigenvalue weighted by atomic mass is 16.3. The van der Waals surface area contributed by atoms with Gasteiger partial charge >= 0.3 is 0 Å². The summed E-state index contributed by atoms with van der Waals surface area (Å²) in [5, 5.41) is 9.33. The first-order chi connectivity index (χ1) is 10.5. The first-order valence-corrected chi connectivity index (χ1v) is 7.65. The second kappa shape index (κ2) is 5.93. The Morgan fingerprint density at radius 2 is 2.05 bits per heavy atom. The Hall–Kier alpha value is -2.14. The maximum absolute atomic E-state index is 12.3. The van der Waals surface area contributed by atoms with Crippen LogP contribution in [0.15, 0.2) is 29.1 Å². The number of aromatic amines is 1. The van der Waals surface area contributed by atoms with Gasteiger partial charge in [-0.05, 0) is 17.7 Å². The summed E-state index contributed by atoms with van der Waals surface area (Å²) in [6.45, 7) is 6.35. The standard InChI is InChI=1S/C17H21N3O2/c1-11(2)16-18-15-7-8-20(10-14(15)17(22)19-16)9-12-3-5-13(21)6-4-12/h3-6,11,21H,7-10H2,1-2H3,(H,18,19,22). The van der Waals surface area contributed by atoms with Gasteiger partial charge in [0, 0.05) is 32.0 Å². The summed E-state index contributed by atoms with van der Waals surface area (Å²) in [7, 11) is 0. The Bertz CT molecular complexity index is 720. The van der Waals surface area contributed by atoms with Crippen molar-refractivity contribution in [3.63, 3.8) is 0 Å². The monoisotopic (exact) mass is 299 g/mol. The molecule has 2 N–H and O–H groups in total. The van der Waals surface area contributed by atoms with Gasteiger partial charge < -0.3 is 10.1 Å². The molecule has 2 heterocycles. The molecule has 1 aliphatic heterocycles. The zero-order valence-electron chi connectivity index (χ0n) is 13.0. The molecule has 0 radical (unpaired) electrons. The van der Waals surface area contributed by atoms with E-state index in [9.17, 15) is 9.90 Å². The topological polar surface area (TPSA) is 69.2 Å². The third-order valence-electron chi connectivity index (χ3n) is 4.06. The summed E-state index contributed by atoms with van der Waals surface area (Å²) in [5.41, 5.74) is 2.84. The van der Waals surface area contributed by atoms with Gasteiger partial charge in [-0.15, -0.1) is 0 Å². The molecule has 1 aromatic carbocycles. The van der Waals surface area contributed by atoms with Gasteiger partial charge in [0.1, 0.15) is 11.6 Å². The molecular weight excluding hydrogens is 278 g/mol. The maximum atomic E-state index is 12.3. The van der Waals surface area contributed by atoms with E-state index >= 15 is 0 Å². The van der Waals surface area contributed by atoms with Gasteiger partial charge in [0.05, 0.1) is 11.3 Å². The molecule has 3 rings (SSSR count). The lowest BCUT2D eigenvalue weighted by molar-refractivity contribution is 0.241. The van der Waals surface area contributed by atoms with Crippen LogP contribution in [0.5, 0.6) is 5.75 Å². The molecule has 5 heteroatoms. The van der Waals surface area contributed by atoms with Crippen molar-refractivity contribution in [2.45, 2.75) is 39.3 Å². The van der Waals surface area contributed by atoms with Gasteiger partial charge in [-0.2, -0.15) is 0 Å². The molecule has 0 fully saturated rings. The number of hydrogen-bond acceptors (Lipinski definition) is 4. The van der Waals surface area contributed by atoms with E-state index in [2.05, 4.69) is 14.9 Å². The zero-order valence-corrected chi connectivity index (χ0v) is 13.0. The summed E-state index contributed by atoms with van der Waals surface area (Å²) in [5.74, 6) is 1.28. The van der Waals surface area contributed by atoms with Crippen molar-refractivity contribution < 1.29 is 5.11 Å². The molecule has 22 heavy (non-hydrogen) atoms. The second-order valence-electron chi connectivity index (χ2n) is 6.16. The van der Waals surface area contributed by atoms with Gasteiger partial charge in [-0.25, -0.2) is 4.98 Å². The number of hydrogen-bond donors (Lipinski definition) is 2. The van der Waals surface area contributed by atoms with Crippen molar-refractivity contribution in [3.05, 3.63) is 57.3 Å². The van der Waals surface area contributed by atoms with E-state index in [4.69, 9.17) is 0 Å². The molecule has 0 spiro atoms. The van der Waals surface area contributed by atoms with E-state index in [1.165, 1.54) is 0 Å². The molecular formula is C17H21N3O2. The minimum Gasteiger partial charge on any atom is -0.508 e. The average molecular weight is 299 g/mol. The number of nitrogens with zero attached hydrogens (tertiary/aromatic N) is 2. The second-order valence-corrected chi connectivity index (χ2v) is 6.16. The zero-order chi connectivity index (χ0) is 15.7. The molecule has 0 saturated carbocycles. The Morgan fingerprint density at radius 1 is 1.32 bits per heavy atom. The molecule has 2 aromatic rings. The Labute approximate surface area is 129 Å². The number of nitrogens with one attached hydrogen (secondary N) is 1. The number of aromatic hydroxyl groups is 1. The highest BCUT2D eigenvalue weighted by Gasteiger charge is 2.21. The van der Waals surface area contributed by atoms with Crippen LogP contribution < -0.4 is 5.56 Å². The quantitative estimate of drug-likeness (QED) is 0.911. The SMILES string of the molecule is CC(C)c1nc2c(c(=O)[nH]1)CN(Cc1ccc(O)cc1)CC2. The minimum atomic E-state index is -0.0101. The first kappa shape index (κ1) is 14.8. The number of H-pyrrole nitrogens is 1. The van der Waals surface area contributed by atoms with Crippen LogP contribution >= 0.6 is 0 Å². The van der Waals surface area contributed by atoms with Gasteiger partial charge in [-0.3, -0.25) is 9.69 Å². The van der Waals surface area contributed by atoms with Crippen molar-refractivity contribution in [2.75, 3.05) is 6.54 Å². The molecule has 1 aromatic heterocycles. The first-order valence-electron chi connectivity index (χ1n) is 7.65. The van der Waals surface area contributed by atoms with E-state index < -0.39 is 0 Å². The number of phenols is 1. The molecule has 5 nitrogen and oxygen atoms in total. The normalized spacial score (nSPS) is 15.0. The van der Waals surface area contributed by atoms with Gasteiger partial charge in [0.15, 0.2) is 0 Å². The number of aromatic nitrogens is 2. The molecule has 0 atom stereocenters.